The zero-order chi connectivity index (χ0) is 16.1. The molecule has 1 aromatic rings. The highest BCUT2D eigenvalue weighted by atomic mass is 16.5. The number of carbonyl (C=O) groups excluding carboxylic acids is 2. The van der Waals surface area contributed by atoms with Gasteiger partial charge in [-0.05, 0) is 43.7 Å². The van der Waals surface area contributed by atoms with Gasteiger partial charge in [-0.25, -0.2) is 0 Å². The molecule has 0 aliphatic heterocycles. The molecule has 1 amide bonds. The summed E-state index contributed by atoms with van der Waals surface area (Å²) in [6.07, 6.45) is 2.13. The molecule has 0 radical (unpaired) electrons. The number of rotatable bonds is 4. The Balaban J connectivity index is 1.73. The highest BCUT2D eigenvalue weighted by Crippen LogP contribution is 2.67. The normalized spacial score (nSPS) is 28.6. The van der Waals surface area contributed by atoms with Crippen molar-refractivity contribution in [2.75, 3.05) is 7.11 Å². The molecule has 4 rings (SSSR count). The van der Waals surface area contributed by atoms with E-state index in [9.17, 15) is 9.59 Å². The fourth-order valence-corrected chi connectivity index (χ4v) is 4.03. The van der Waals surface area contributed by atoms with E-state index in [1.807, 2.05) is 25.1 Å². The molecule has 118 valence electrons. The van der Waals surface area contributed by atoms with E-state index in [4.69, 9.17) is 4.74 Å². The van der Waals surface area contributed by atoms with Crippen molar-refractivity contribution in [1.82, 2.24) is 5.32 Å². The van der Waals surface area contributed by atoms with Gasteiger partial charge < -0.3 is 10.1 Å². The second kappa shape index (κ2) is 4.83. The van der Waals surface area contributed by atoms with Crippen molar-refractivity contribution in [2.45, 2.75) is 51.5 Å². The molecule has 0 spiro atoms. The number of nitrogens with one attached hydrogen (secondary N) is 1. The highest BCUT2D eigenvalue weighted by Gasteiger charge is 2.73. The van der Waals surface area contributed by atoms with Crippen LogP contribution in [0.15, 0.2) is 18.2 Å². The van der Waals surface area contributed by atoms with Gasteiger partial charge in [-0.2, -0.15) is 0 Å². The lowest BCUT2D eigenvalue weighted by Crippen LogP contribution is -2.77. The maximum Gasteiger partial charge on any atom is 0.312 e. The van der Waals surface area contributed by atoms with Gasteiger partial charge in [0.25, 0.3) is 5.91 Å². The molecule has 0 aromatic heterocycles. The lowest BCUT2D eigenvalue weighted by molar-refractivity contribution is -0.199. The van der Waals surface area contributed by atoms with Crippen LogP contribution in [0.4, 0.5) is 0 Å². The monoisotopic (exact) mass is 301 g/mol. The van der Waals surface area contributed by atoms with Crippen LogP contribution < -0.4 is 5.32 Å². The van der Waals surface area contributed by atoms with E-state index in [-0.39, 0.29) is 22.8 Å². The number of benzene rings is 1. The van der Waals surface area contributed by atoms with Gasteiger partial charge in [0.15, 0.2) is 0 Å². The fourth-order valence-electron chi connectivity index (χ4n) is 4.03. The Morgan fingerprint density at radius 2 is 1.86 bits per heavy atom. The third kappa shape index (κ3) is 2.13. The van der Waals surface area contributed by atoms with Gasteiger partial charge >= 0.3 is 5.97 Å². The summed E-state index contributed by atoms with van der Waals surface area (Å²) in [5, 5.41) is 3.15. The molecule has 1 N–H and O–H groups in total. The first-order valence-corrected chi connectivity index (χ1v) is 7.82. The van der Waals surface area contributed by atoms with Crippen molar-refractivity contribution in [3.05, 3.63) is 34.9 Å². The number of ether oxygens (including phenoxy) is 1. The van der Waals surface area contributed by atoms with Crippen LogP contribution in [-0.4, -0.2) is 24.5 Å². The first kappa shape index (κ1) is 15.1. The van der Waals surface area contributed by atoms with Crippen LogP contribution in [0.3, 0.4) is 0 Å². The second-order valence-corrected chi connectivity index (χ2v) is 7.28. The molecule has 3 aliphatic carbocycles. The average Bonchev–Trinajstić information content (AvgIpc) is 2.39. The van der Waals surface area contributed by atoms with Gasteiger partial charge in [0, 0.05) is 11.1 Å². The van der Waals surface area contributed by atoms with Crippen LogP contribution in [0.1, 0.15) is 60.5 Å². The quantitative estimate of drug-likeness (QED) is 0.870. The molecule has 3 fully saturated rings. The molecule has 0 heterocycles. The zero-order valence-electron chi connectivity index (χ0n) is 13.7. The van der Waals surface area contributed by atoms with E-state index in [1.54, 1.807) is 0 Å². The first-order chi connectivity index (χ1) is 10.3. The van der Waals surface area contributed by atoms with E-state index >= 15 is 0 Å². The van der Waals surface area contributed by atoms with Crippen molar-refractivity contribution in [2.24, 2.45) is 5.41 Å². The Morgan fingerprint density at radius 1 is 1.23 bits per heavy atom. The van der Waals surface area contributed by atoms with Crippen LogP contribution in [0, 0.1) is 12.3 Å². The Labute approximate surface area is 131 Å². The van der Waals surface area contributed by atoms with E-state index in [0.717, 1.165) is 16.7 Å². The van der Waals surface area contributed by atoms with Crippen LogP contribution in [-0.2, 0) is 9.53 Å². The molecular formula is C18H23NO3. The number of amides is 1. The Morgan fingerprint density at radius 3 is 2.41 bits per heavy atom. The van der Waals surface area contributed by atoms with Crippen LogP contribution in [0.2, 0.25) is 0 Å². The van der Waals surface area contributed by atoms with Crippen molar-refractivity contribution < 1.29 is 14.3 Å². The predicted molar refractivity (Wildman–Crippen MR) is 83.8 cm³/mol. The second-order valence-electron chi connectivity index (χ2n) is 7.28. The number of aryl methyl sites for hydroxylation is 1. The SMILES string of the molecule is COC(=O)C12CC(NC(=O)c3cc(C)ccc3C(C)C)(C1)C2. The summed E-state index contributed by atoms with van der Waals surface area (Å²) >= 11 is 0. The van der Waals surface area contributed by atoms with Crippen molar-refractivity contribution in [3.63, 3.8) is 0 Å². The third-order valence-corrected chi connectivity index (χ3v) is 5.10. The van der Waals surface area contributed by atoms with Gasteiger partial charge in [0.1, 0.15) is 0 Å². The van der Waals surface area contributed by atoms with Gasteiger partial charge in [0.2, 0.25) is 0 Å². The number of methoxy groups -OCH3 is 1. The molecular weight excluding hydrogens is 278 g/mol. The van der Waals surface area contributed by atoms with E-state index in [2.05, 4.69) is 19.2 Å². The summed E-state index contributed by atoms with van der Waals surface area (Å²) in [5.74, 6) is 0.142. The fraction of sp³-hybridized carbons (Fsp3) is 0.556. The molecule has 3 saturated carbocycles. The van der Waals surface area contributed by atoms with Gasteiger partial charge in [-0.1, -0.05) is 31.5 Å². The number of esters is 1. The predicted octanol–water partition coefficient (Wildman–Crippen LogP) is 2.94. The summed E-state index contributed by atoms with van der Waals surface area (Å²) < 4.78 is 4.84. The van der Waals surface area contributed by atoms with E-state index < -0.39 is 0 Å². The standard InChI is InChI=1S/C18H23NO3/c1-11(2)13-6-5-12(3)7-14(13)15(20)19-18-8-17(9-18,10-18)16(21)22-4/h5-7,11H,8-10H2,1-4H3,(H,19,20). The van der Waals surface area contributed by atoms with Crippen molar-refractivity contribution in [1.29, 1.82) is 0 Å². The molecule has 0 unspecified atom stereocenters. The average molecular weight is 301 g/mol. The van der Waals surface area contributed by atoms with Gasteiger partial charge in [-0.15, -0.1) is 0 Å². The minimum atomic E-state index is -0.324. The van der Waals surface area contributed by atoms with Crippen molar-refractivity contribution in [3.8, 4) is 0 Å². The summed E-state index contributed by atoms with van der Waals surface area (Å²) in [5.41, 5.74) is 2.39. The largest absolute Gasteiger partial charge is 0.469 e. The topological polar surface area (TPSA) is 55.4 Å². The molecule has 2 bridgehead atoms. The summed E-state index contributed by atoms with van der Waals surface area (Å²) in [7, 11) is 1.43. The van der Waals surface area contributed by atoms with Gasteiger partial charge in [0.05, 0.1) is 12.5 Å². The number of carbonyl (C=O) groups is 2. The summed E-state index contributed by atoms with van der Waals surface area (Å²) in [4.78, 5) is 24.4. The number of hydrogen-bond donors (Lipinski definition) is 1. The smallest absolute Gasteiger partial charge is 0.312 e. The molecule has 0 atom stereocenters. The minimum Gasteiger partial charge on any atom is -0.469 e. The summed E-state index contributed by atoms with van der Waals surface area (Å²) in [6.45, 7) is 6.18. The van der Waals surface area contributed by atoms with E-state index in [1.165, 1.54) is 7.11 Å². The number of hydrogen-bond acceptors (Lipinski definition) is 3. The third-order valence-electron chi connectivity index (χ3n) is 5.10. The Kier molecular flexibility index (Phi) is 3.31. The van der Waals surface area contributed by atoms with Gasteiger partial charge in [-0.3, -0.25) is 9.59 Å². The zero-order valence-corrected chi connectivity index (χ0v) is 13.7. The molecule has 4 heteroatoms. The molecule has 1 aromatic carbocycles. The molecule has 3 aliphatic rings. The maximum absolute atomic E-state index is 12.7. The molecule has 4 nitrogen and oxygen atoms in total. The van der Waals surface area contributed by atoms with Crippen LogP contribution in [0.25, 0.3) is 0 Å². The Bertz CT molecular complexity index is 628. The minimum absolute atomic E-state index is 0.0226. The van der Waals surface area contributed by atoms with Crippen LogP contribution >= 0.6 is 0 Å². The lowest BCUT2D eigenvalue weighted by atomic mass is 9.39. The maximum atomic E-state index is 12.7. The lowest BCUT2D eigenvalue weighted by Gasteiger charge is -2.68. The highest BCUT2D eigenvalue weighted by molar-refractivity contribution is 5.97. The summed E-state index contributed by atoms with van der Waals surface area (Å²) in [6, 6.07) is 6.03. The Hall–Kier alpha value is -1.84. The van der Waals surface area contributed by atoms with E-state index in [0.29, 0.717) is 25.2 Å². The first-order valence-electron chi connectivity index (χ1n) is 7.82. The molecule has 22 heavy (non-hydrogen) atoms. The van der Waals surface area contributed by atoms with Crippen LogP contribution in [0.5, 0.6) is 0 Å². The van der Waals surface area contributed by atoms with Crippen molar-refractivity contribution >= 4 is 11.9 Å². The molecule has 0 saturated heterocycles.